The molecule has 0 aromatic heterocycles. The average molecular weight is 293 g/mol. The van der Waals surface area contributed by atoms with Gasteiger partial charge in [-0.1, -0.05) is 30.3 Å². The minimum Gasteiger partial charge on any atom is -0.481 e. The van der Waals surface area contributed by atoms with E-state index in [-0.39, 0.29) is 24.8 Å². The zero-order valence-electron chi connectivity index (χ0n) is 12.8. The van der Waals surface area contributed by atoms with Crippen molar-refractivity contribution in [2.24, 2.45) is 0 Å². The zero-order chi connectivity index (χ0) is 15.9. The Morgan fingerprint density at radius 1 is 1.29 bits per heavy atom. The van der Waals surface area contributed by atoms with Gasteiger partial charge in [-0.05, 0) is 25.8 Å². The van der Waals surface area contributed by atoms with Gasteiger partial charge >= 0.3 is 5.97 Å². The number of carbonyl (C=O) groups is 2. The second-order valence-electron chi connectivity index (χ2n) is 5.60. The average Bonchev–Trinajstić information content (AvgIpc) is 2.43. The minimum absolute atomic E-state index is 0.00745. The van der Waals surface area contributed by atoms with Gasteiger partial charge in [0, 0.05) is 13.5 Å². The molecule has 0 aliphatic heterocycles. The van der Waals surface area contributed by atoms with E-state index in [0.717, 1.165) is 5.56 Å². The van der Waals surface area contributed by atoms with Crippen LogP contribution in [0.15, 0.2) is 30.3 Å². The highest BCUT2D eigenvalue weighted by atomic mass is 16.5. The lowest BCUT2D eigenvalue weighted by atomic mass is 10.00. The molecule has 1 aromatic carbocycles. The van der Waals surface area contributed by atoms with E-state index in [2.05, 4.69) is 5.32 Å². The number of hydrogen-bond acceptors (Lipinski definition) is 3. The fourth-order valence-corrected chi connectivity index (χ4v) is 1.98. The molecule has 5 heteroatoms. The van der Waals surface area contributed by atoms with Crippen LogP contribution in [0.4, 0.5) is 0 Å². The molecule has 0 bridgehead atoms. The van der Waals surface area contributed by atoms with Crippen molar-refractivity contribution in [3.05, 3.63) is 35.9 Å². The minimum atomic E-state index is -0.873. The molecular formula is C16H23NO4. The summed E-state index contributed by atoms with van der Waals surface area (Å²) in [6.07, 6.45) is 0.589. The zero-order valence-corrected chi connectivity index (χ0v) is 12.8. The summed E-state index contributed by atoms with van der Waals surface area (Å²) in [6, 6.07) is 9.08. The Bertz CT molecular complexity index is 470. The van der Waals surface area contributed by atoms with E-state index in [1.54, 1.807) is 7.11 Å². The molecule has 0 radical (unpaired) electrons. The molecule has 0 saturated heterocycles. The molecule has 116 valence electrons. The third kappa shape index (κ3) is 6.40. The quantitative estimate of drug-likeness (QED) is 0.772. The third-order valence-corrected chi connectivity index (χ3v) is 3.32. The highest BCUT2D eigenvalue weighted by Gasteiger charge is 2.23. The molecule has 2 N–H and O–H groups in total. The highest BCUT2D eigenvalue weighted by molar-refractivity contribution is 5.77. The van der Waals surface area contributed by atoms with E-state index in [1.165, 1.54) is 0 Å². The molecule has 0 heterocycles. The van der Waals surface area contributed by atoms with Crippen LogP contribution in [0.3, 0.4) is 0 Å². The van der Waals surface area contributed by atoms with Crippen molar-refractivity contribution in [1.82, 2.24) is 5.32 Å². The first-order valence-corrected chi connectivity index (χ1v) is 6.95. The fourth-order valence-electron chi connectivity index (χ4n) is 1.98. The van der Waals surface area contributed by atoms with Gasteiger partial charge < -0.3 is 15.2 Å². The molecule has 0 aliphatic carbocycles. The normalized spacial score (nSPS) is 12.7. The maximum Gasteiger partial charge on any atom is 0.303 e. The summed E-state index contributed by atoms with van der Waals surface area (Å²) in [4.78, 5) is 22.9. The van der Waals surface area contributed by atoms with Crippen LogP contribution in [0.5, 0.6) is 0 Å². The summed E-state index contributed by atoms with van der Waals surface area (Å²) in [5.74, 6) is -1.02. The maximum absolute atomic E-state index is 12.1. The van der Waals surface area contributed by atoms with Gasteiger partial charge in [0.2, 0.25) is 5.91 Å². The van der Waals surface area contributed by atoms with E-state index >= 15 is 0 Å². The Hall–Kier alpha value is -1.88. The first-order valence-electron chi connectivity index (χ1n) is 6.95. The van der Waals surface area contributed by atoms with Crippen LogP contribution in [0.25, 0.3) is 0 Å². The molecule has 1 atom stereocenters. The van der Waals surface area contributed by atoms with E-state index < -0.39 is 11.6 Å². The lowest BCUT2D eigenvalue weighted by Crippen LogP contribution is -2.36. The molecule has 0 aliphatic rings. The van der Waals surface area contributed by atoms with Crippen molar-refractivity contribution in [3.8, 4) is 0 Å². The number of rotatable bonds is 8. The number of amides is 1. The number of methoxy groups -OCH3 is 1. The first kappa shape index (κ1) is 17.2. The molecule has 5 nitrogen and oxygen atoms in total. The van der Waals surface area contributed by atoms with Gasteiger partial charge in [-0.25, -0.2) is 0 Å². The lowest BCUT2D eigenvalue weighted by Gasteiger charge is -2.24. The first-order chi connectivity index (χ1) is 9.84. The Morgan fingerprint density at radius 2 is 1.90 bits per heavy atom. The van der Waals surface area contributed by atoms with Crippen LogP contribution in [-0.2, 0) is 14.3 Å². The van der Waals surface area contributed by atoms with Crippen LogP contribution in [0.2, 0.25) is 0 Å². The number of carbonyl (C=O) groups excluding carboxylic acids is 1. The van der Waals surface area contributed by atoms with E-state index in [9.17, 15) is 9.59 Å². The van der Waals surface area contributed by atoms with Gasteiger partial charge in [0.15, 0.2) is 0 Å². The number of hydrogen-bond donors (Lipinski definition) is 2. The summed E-state index contributed by atoms with van der Waals surface area (Å²) in [7, 11) is 1.56. The predicted molar refractivity (Wildman–Crippen MR) is 79.9 cm³/mol. The summed E-state index contributed by atoms with van der Waals surface area (Å²) < 4.78 is 5.24. The Morgan fingerprint density at radius 3 is 2.43 bits per heavy atom. The van der Waals surface area contributed by atoms with Gasteiger partial charge in [0.1, 0.15) is 0 Å². The molecule has 21 heavy (non-hydrogen) atoms. The van der Waals surface area contributed by atoms with Crippen molar-refractivity contribution in [3.63, 3.8) is 0 Å². The summed E-state index contributed by atoms with van der Waals surface area (Å²) in [5.41, 5.74) is 0.361. The second kappa shape index (κ2) is 7.78. The van der Waals surface area contributed by atoms with Crippen molar-refractivity contribution < 1.29 is 19.4 Å². The van der Waals surface area contributed by atoms with Gasteiger partial charge in [0.25, 0.3) is 0 Å². The number of nitrogens with one attached hydrogen (secondary N) is 1. The second-order valence-corrected chi connectivity index (χ2v) is 5.60. The molecule has 0 saturated carbocycles. The molecule has 1 aromatic rings. The van der Waals surface area contributed by atoms with Gasteiger partial charge in [-0.15, -0.1) is 0 Å². The summed E-state index contributed by atoms with van der Waals surface area (Å²) >= 11 is 0. The SMILES string of the molecule is COC(C)(C)CC(=O)NC(CCC(=O)O)c1ccccc1. The van der Waals surface area contributed by atoms with Crippen LogP contribution in [0, 0.1) is 0 Å². The highest BCUT2D eigenvalue weighted by Crippen LogP contribution is 2.20. The van der Waals surface area contributed by atoms with Gasteiger partial charge in [-0.3, -0.25) is 9.59 Å². The Kier molecular flexibility index (Phi) is 6.37. The summed E-state index contributed by atoms with van der Waals surface area (Å²) in [5, 5.41) is 11.7. The Labute approximate surface area is 125 Å². The molecule has 1 rings (SSSR count). The van der Waals surface area contributed by atoms with Crippen LogP contribution in [0.1, 0.15) is 44.7 Å². The molecule has 0 fully saturated rings. The standard InChI is InChI=1S/C16H23NO4/c1-16(2,21-3)11-14(18)17-13(9-10-15(19)20)12-7-5-4-6-8-12/h4-8,13H,9-11H2,1-3H3,(H,17,18)(H,19,20). The van der Waals surface area contributed by atoms with Gasteiger partial charge in [0.05, 0.1) is 18.1 Å². The van der Waals surface area contributed by atoms with E-state index in [0.29, 0.717) is 6.42 Å². The molecule has 1 amide bonds. The fraction of sp³-hybridized carbons (Fsp3) is 0.500. The number of aliphatic carboxylic acids is 1. The number of carboxylic acids is 1. The molecule has 0 spiro atoms. The van der Waals surface area contributed by atoms with Crippen molar-refractivity contribution in [1.29, 1.82) is 0 Å². The van der Waals surface area contributed by atoms with Crippen LogP contribution in [-0.4, -0.2) is 29.7 Å². The van der Waals surface area contributed by atoms with Crippen molar-refractivity contribution in [2.75, 3.05) is 7.11 Å². The smallest absolute Gasteiger partial charge is 0.303 e. The molecule has 1 unspecified atom stereocenters. The lowest BCUT2D eigenvalue weighted by molar-refractivity contribution is -0.137. The maximum atomic E-state index is 12.1. The topological polar surface area (TPSA) is 75.6 Å². The van der Waals surface area contributed by atoms with Crippen LogP contribution < -0.4 is 5.32 Å². The van der Waals surface area contributed by atoms with E-state index in [1.807, 2.05) is 44.2 Å². The van der Waals surface area contributed by atoms with E-state index in [4.69, 9.17) is 9.84 Å². The van der Waals surface area contributed by atoms with Crippen LogP contribution >= 0.6 is 0 Å². The van der Waals surface area contributed by atoms with Crippen molar-refractivity contribution in [2.45, 2.75) is 44.8 Å². The number of ether oxygens (including phenoxy) is 1. The van der Waals surface area contributed by atoms with Gasteiger partial charge in [-0.2, -0.15) is 0 Å². The largest absolute Gasteiger partial charge is 0.481 e. The third-order valence-electron chi connectivity index (χ3n) is 3.32. The molecular weight excluding hydrogens is 270 g/mol. The Balaban J connectivity index is 2.73. The van der Waals surface area contributed by atoms with Crippen molar-refractivity contribution >= 4 is 11.9 Å². The number of benzene rings is 1. The number of carboxylic acid groups (broad SMARTS) is 1. The monoisotopic (exact) mass is 293 g/mol. The predicted octanol–water partition coefficient (Wildman–Crippen LogP) is 2.52. The summed E-state index contributed by atoms with van der Waals surface area (Å²) in [6.45, 7) is 3.67.